The average molecular weight is 379 g/mol. The maximum absolute atomic E-state index is 13.3. The van der Waals surface area contributed by atoms with Crippen LogP contribution in [0.5, 0.6) is 0 Å². The number of para-hydroxylation sites is 1. The second kappa shape index (κ2) is 7.00. The van der Waals surface area contributed by atoms with E-state index in [4.69, 9.17) is 0 Å². The van der Waals surface area contributed by atoms with Crippen LogP contribution in [-0.4, -0.2) is 38.8 Å². The molecule has 3 heterocycles. The van der Waals surface area contributed by atoms with Crippen LogP contribution in [0.25, 0.3) is 20.9 Å². The Hall–Kier alpha value is -2.34. The SMILES string of the molecule is O=C(c1nccnc1-c1nc2ccccc2s1)N1CC[C@H]2CCCC[C@H]2C1. The van der Waals surface area contributed by atoms with Gasteiger partial charge in [-0.05, 0) is 36.8 Å². The van der Waals surface area contributed by atoms with Crippen LogP contribution in [0.2, 0.25) is 0 Å². The Labute approximate surface area is 162 Å². The first-order valence-electron chi connectivity index (χ1n) is 9.76. The molecule has 138 valence electrons. The van der Waals surface area contributed by atoms with Crippen molar-refractivity contribution in [2.45, 2.75) is 32.1 Å². The molecule has 2 fully saturated rings. The van der Waals surface area contributed by atoms with Crippen molar-refractivity contribution in [2.75, 3.05) is 13.1 Å². The molecule has 2 atom stereocenters. The Bertz CT molecular complexity index is 952. The highest BCUT2D eigenvalue weighted by atomic mass is 32.1. The van der Waals surface area contributed by atoms with Crippen LogP contribution in [0.3, 0.4) is 0 Å². The number of amides is 1. The van der Waals surface area contributed by atoms with E-state index in [1.807, 2.05) is 29.2 Å². The Kier molecular flexibility index (Phi) is 4.36. The van der Waals surface area contributed by atoms with Gasteiger partial charge in [0, 0.05) is 25.5 Å². The highest BCUT2D eigenvalue weighted by molar-refractivity contribution is 7.21. The summed E-state index contributed by atoms with van der Waals surface area (Å²) in [6.45, 7) is 1.69. The molecular weight excluding hydrogens is 356 g/mol. The number of nitrogens with zero attached hydrogens (tertiary/aromatic N) is 4. The van der Waals surface area contributed by atoms with Crippen LogP contribution in [0.1, 0.15) is 42.6 Å². The second-order valence-electron chi connectivity index (χ2n) is 7.58. The molecule has 1 amide bonds. The zero-order valence-electron chi connectivity index (χ0n) is 15.2. The number of aromatic nitrogens is 3. The normalized spacial score (nSPS) is 22.6. The number of benzene rings is 1. The molecule has 1 aliphatic carbocycles. The van der Waals surface area contributed by atoms with Gasteiger partial charge in [0.1, 0.15) is 10.7 Å². The Balaban J connectivity index is 1.46. The van der Waals surface area contributed by atoms with Gasteiger partial charge in [-0.3, -0.25) is 4.79 Å². The van der Waals surface area contributed by atoms with Crippen molar-refractivity contribution in [3.63, 3.8) is 0 Å². The van der Waals surface area contributed by atoms with Crippen LogP contribution in [0, 0.1) is 11.8 Å². The fourth-order valence-corrected chi connectivity index (χ4v) is 5.52. The largest absolute Gasteiger partial charge is 0.337 e. The van der Waals surface area contributed by atoms with Crippen molar-refractivity contribution in [1.29, 1.82) is 0 Å². The summed E-state index contributed by atoms with van der Waals surface area (Å²) in [5, 5.41) is 0.764. The summed E-state index contributed by atoms with van der Waals surface area (Å²) in [7, 11) is 0. The van der Waals surface area contributed by atoms with Crippen molar-refractivity contribution >= 4 is 27.5 Å². The second-order valence-corrected chi connectivity index (χ2v) is 8.62. The first kappa shape index (κ1) is 16.8. The van der Waals surface area contributed by atoms with E-state index in [-0.39, 0.29) is 5.91 Å². The van der Waals surface area contributed by atoms with Crippen molar-refractivity contribution in [3.05, 3.63) is 42.4 Å². The number of carbonyl (C=O) groups excluding carboxylic acids is 1. The van der Waals surface area contributed by atoms with Crippen LogP contribution >= 0.6 is 11.3 Å². The monoisotopic (exact) mass is 378 g/mol. The Morgan fingerprint density at radius 2 is 1.85 bits per heavy atom. The van der Waals surface area contributed by atoms with E-state index in [1.165, 1.54) is 25.7 Å². The molecule has 27 heavy (non-hydrogen) atoms. The predicted molar refractivity (Wildman–Crippen MR) is 107 cm³/mol. The van der Waals surface area contributed by atoms with E-state index in [2.05, 4.69) is 15.0 Å². The molecule has 0 radical (unpaired) electrons. The van der Waals surface area contributed by atoms with Crippen LogP contribution in [-0.2, 0) is 0 Å². The molecule has 2 aromatic heterocycles. The zero-order valence-corrected chi connectivity index (χ0v) is 16.0. The van der Waals surface area contributed by atoms with Gasteiger partial charge in [0.25, 0.3) is 5.91 Å². The third kappa shape index (κ3) is 3.12. The van der Waals surface area contributed by atoms with Crippen LogP contribution < -0.4 is 0 Å². The lowest BCUT2D eigenvalue weighted by atomic mass is 9.75. The van der Waals surface area contributed by atoms with Gasteiger partial charge in [-0.25, -0.2) is 15.0 Å². The third-order valence-electron chi connectivity index (χ3n) is 5.98. The maximum Gasteiger partial charge on any atom is 0.274 e. The molecule has 0 unspecified atom stereocenters. The standard InChI is InChI=1S/C21H22N4OS/c26-21(25-12-9-14-5-1-2-6-15(14)13-25)19-18(22-10-11-23-19)20-24-16-7-3-4-8-17(16)27-20/h3-4,7-8,10-11,14-15H,1-2,5-6,9,12-13H2/t14-,15+/m1/s1. The van der Waals surface area contributed by atoms with E-state index in [1.54, 1.807) is 23.7 Å². The third-order valence-corrected chi connectivity index (χ3v) is 7.02. The van der Waals surface area contributed by atoms with Gasteiger partial charge in [0.05, 0.1) is 10.2 Å². The molecule has 0 bridgehead atoms. The number of piperidine rings is 1. The summed E-state index contributed by atoms with van der Waals surface area (Å²) in [4.78, 5) is 28.9. The highest BCUT2D eigenvalue weighted by Gasteiger charge is 2.34. The summed E-state index contributed by atoms with van der Waals surface area (Å²) in [6.07, 6.45) is 9.59. The average Bonchev–Trinajstić information content (AvgIpc) is 3.17. The molecule has 0 N–H and O–H groups in total. The number of fused-ring (bicyclic) bond motifs is 2. The van der Waals surface area contributed by atoms with Gasteiger partial charge in [-0.2, -0.15) is 0 Å². The van der Waals surface area contributed by atoms with E-state index in [0.29, 0.717) is 17.3 Å². The number of rotatable bonds is 2. The number of thiazole rings is 1. The summed E-state index contributed by atoms with van der Waals surface area (Å²) in [5.41, 5.74) is 1.98. The highest BCUT2D eigenvalue weighted by Crippen LogP contribution is 2.37. The number of carbonyl (C=O) groups is 1. The van der Waals surface area contributed by atoms with Crippen molar-refractivity contribution in [1.82, 2.24) is 19.9 Å². The molecule has 2 aliphatic rings. The molecule has 0 spiro atoms. The fraction of sp³-hybridized carbons (Fsp3) is 0.429. The Morgan fingerprint density at radius 1 is 1.04 bits per heavy atom. The summed E-state index contributed by atoms with van der Waals surface area (Å²) < 4.78 is 1.10. The Morgan fingerprint density at radius 3 is 2.74 bits per heavy atom. The minimum atomic E-state index is 0.00128. The first-order valence-corrected chi connectivity index (χ1v) is 10.6. The number of hydrogen-bond donors (Lipinski definition) is 0. The van der Waals surface area contributed by atoms with Gasteiger partial charge in [-0.15, -0.1) is 11.3 Å². The van der Waals surface area contributed by atoms with Gasteiger partial charge in [0.2, 0.25) is 0 Å². The molecule has 5 nitrogen and oxygen atoms in total. The molecule has 3 aromatic rings. The summed E-state index contributed by atoms with van der Waals surface area (Å²) in [5.74, 6) is 1.45. The van der Waals surface area contributed by atoms with Gasteiger partial charge in [0.15, 0.2) is 5.69 Å². The first-order chi connectivity index (χ1) is 13.3. The minimum Gasteiger partial charge on any atom is -0.337 e. The van der Waals surface area contributed by atoms with E-state index >= 15 is 0 Å². The summed E-state index contributed by atoms with van der Waals surface area (Å²) >= 11 is 1.56. The lowest BCUT2D eigenvalue weighted by Crippen LogP contribution is -2.45. The summed E-state index contributed by atoms with van der Waals surface area (Å²) in [6, 6.07) is 8.01. The van der Waals surface area contributed by atoms with Crippen LogP contribution in [0.4, 0.5) is 0 Å². The number of hydrogen-bond acceptors (Lipinski definition) is 5. The van der Waals surface area contributed by atoms with Crippen LogP contribution in [0.15, 0.2) is 36.7 Å². The fourth-order valence-electron chi connectivity index (χ4n) is 4.56. The molecule has 6 heteroatoms. The van der Waals surface area contributed by atoms with Crippen molar-refractivity contribution in [2.24, 2.45) is 11.8 Å². The van der Waals surface area contributed by atoms with E-state index in [0.717, 1.165) is 40.7 Å². The molecule has 1 aliphatic heterocycles. The quantitative estimate of drug-likeness (QED) is 0.663. The van der Waals surface area contributed by atoms with E-state index in [9.17, 15) is 4.79 Å². The lowest BCUT2D eigenvalue weighted by Gasteiger charge is -2.41. The van der Waals surface area contributed by atoms with Crippen molar-refractivity contribution in [3.8, 4) is 10.7 Å². The molecule has 5 rings (SSSR count). The number of likely N-dealkylation sites (tertiary alicyclic amines) is 1. The predicted octanol–water partition coefficient (Wildman–Crippen LogP) is 4.41. The zero-order chi connectivity index (χ0) is 18.2. The molecule has 1 aromatic carbocycles. The molecular formula is C21H22N4OS. The van der Waals surface area contributed by atoms with Gasteiger partial charge >= 0.3 is 0 Å². The van der Waals surface area contributed by atoms with Crippen molar-refractivity contribution < 1.29 is 4.79 Å². The minimum absolute atomic E-state index is 0.00128. The van der Waals surface area contributed by atoms with Gasteiger partial charge in [-0.1, -0.05) is 31.4 Å². The topological polar surface area (TPSA) is 59.0 Å². The molecule has 1 saturated carbocycles. The molecule has 1 saturated heterocycles. The lowest BCUT2D eigenvalue weighted by molar-refractivity contribution is 0.0516. The smallest absolute Gasteiger partial charge is 0.274 e. The van der Waals surface area contributed by atoms with Gasteiger partial charge < -0.3 is 4.90 Å². The maximum atomic E-state index is 13.3. The van der Waals surface area contributed by atoms with E-state index < -0.39 is 0 Å².